The molecule has 1 aromatic heterocycles. The second-order valence-electron chi connectivity index (χ2n) is 19.0. The maximum absolute atomic E-state index is 15.5. The molecule has 3 fully saturated rings. The van der Waals surface area contributed by atoms with Gasteiger partial charge >= 0.3 is 23.9 Å². The highest BCUT2D eigenvalue weighted by molar-refractivity contribution is 5.99. The summed E-state index contributed by atoms with van der Waals surface area (Å²) in [7, 11) is 7.13. The molecule has 5 aliphatic heterocycles. The van der Waals surface area contributed by atoms with E-state index in [0.29, 0.717) is 84.6 Å². The number of carbonyl (C=O) groups is 4. The van der Waals surface area contributed by atoms with Crippen molar-refractivity contribution in [2.75, 3.05) is 73.1 Å². The van der Waals surface area contributed by atoms with Crippen molar-refractivity contribution in [3.05, 3.63) is 70.4 Å². The van der Waals surface area contributed by atoms with Gasteiger partial charge in [0.15, 0.2) is 6.10 Å². The van der Waals surface area contributed by atoms with Gasteiger partial charge in [-0.05, 0) is 86.9 Å². The molecule has 9 rings (SSSR count). The van der Waals surface area contributed by atoms with Gasteiger partial charge in [0.1, 0.15) is 11.2 Å². The van der Waals surface area contributed by atoms with Gasteiger partial charge < -0.3 is 43.6 Å². The topological polar surface area (TPSA) is 160 Å². The van der Waals surface area contributed by atoms with Crippen LogP contribution in [0.15, 0.2) is 42.5 Å². The predicted octanol–water partition coefficient (Wildman–Crippen LogP) is 4.91. The summed E-state index contributed by atoms with van der Waals surface area (Å²) in [5.41, 5.74) is -2.19. The summed E-state index contributed by atoms with van der Waals surface area (Å²) < 4.78 is 59.8. The van der Waals surface area contributed by atoms with E-state index in [0.717, 1.165) is 18.1 Å². The standard InChI is InChI=1S/C48H58F2N4O10/c1-9-45-14-10-16-54-18-15-46(39(45)54)32-21-33(36(60-5)22-35(32)52(4)40(46)48(59,43(58)63-8)41(45)64-26(2)55)47(42(57)62-7)23-27-19-29(44(3,49)50)25-53(24-27)17-13-30-31-20-28(38(56)61-6)11-12-34(31)51-37(30)47/h10-12,14,20-22,27,29,39-41,51,59H,9,13,15-19,23-25H2,1-8H3/t27-,29?,39+,40-,41-,45-,46-,47+,48+/m1/s1. The van der Waals surface area contributed by atoms with E-state index in [1.807, 2.05) is 36.1 Å². The number of aliphatic hydroxyl groups is 1. The Hall–Kier alpha value is -5.06. The van der Waals surface area contributed by atoms with Gasteiger partial charge in [-0.2, -0.15) is 0 Å². The fraction of sp³-hybridized carbons (Fsp3) is 0.583. The molecular formula is C48H58F2N4O10. The Balaban J connectivity index is 1.36. The van der Waals surface area contributed by atoms with E-state index in [2.05, 4.69) is 14.8 Å². The summed E-state index contributed by atoms with van der Waals surface area (Å²) in [4.78, 5) is 65.7. The molecule has 1 saturated carbocycles. The van der Waals surface area contributed by atoms with Crippen LogP contribution in [0.1, 0.15) is 79.2 Å². The van der Waals surface area contributed by atoms with Crippen molar-refractivity contribution in [3.8, 4) is 5.75 Å². The number of hydrogen-bond donors (Lipinski definition) is 2. The molecule has 10 atom stereocenters. The molecule has 0 radical (unpaired) electrons. The molecule has 1 spiro atoms. The number of esters is 4. The number of aromatic nitrogens is 1. The SMILES string of the molecule is CC[C@]12C=CCN3CC[C@@]4(c5cc([C@@]6(C(=O)OC)C[C@H]7CC(C(C)(F)F)CN(CCc8c6[nH]c6ccc(C(=O)OC)cc86)C7)c(OC)cc5N(C)[C@H]4[C@@](O)(C(=O)OC)[C@@H]1OC(C)=O)[C@@H]32. The average Bonchev–Trinajstić information content (AvgIpc) is 3.94. The Morgan fingerprint density at radius 2 is 1.72 bits per heavy atom. The summed E-state index contributed by atoms with van der Waals surface area (Å²) in [5, 5.41) is 14.0. The summed E-state index contributed by atoms with van der Waals surface area (Å²) >= 11 is 0. The van der Waals surface area contributed by atoms with Gasteiger partial charge in [-0.3, -0.25) is 14.5 Å². The monoisotopic (exact) mass is 888 g/mol. The summed E-state index contributed by atoms with van der Waals surface area (Å²) in [6, 6.07) is 7.53. The van der Waals surface area contributed by atoms with Crippen LogP contribution in [0.2, 0.25) is 0 Å². The summed E-state index contributed by atoms with van der Waals surface area (Å²) in [6.45, 7) is 6.38. The first-order valence-corrected chi connectivity index (χ1v) is 22.2. The maximum Gasteiger partial charge on any atom is 0.344 e. The molecular weight excluding hydrogens is 831 g/mol. The normalized spacial score (nSPS) is 34.0. The van der Waals surface area contributed by atoms with Crippen LogP contribution in [-0.2, 0) is 50.6 Å². The predicted molar refractivity (Wildman–Crippen MR) is 231 cm³/mol. The van der Waals surface area contributed by atoms with E-state index < -0.39 is 81.7 Å². The number of carbonyl (C=O) groups excluding carboxylic acids is 4. The van der Waals surface area contributed by atoms with Gasteiger partial charge in [0.2, 0.25) is 11.5 Å². The number of nitrogens with one attached hydrogen (secondary N) is 1. The number of anilines is 1. The second-order valence-corrected chi connectivity index (χ2v) is 19.0. The lowest BCUT2D eigenvalue weighted by atomic mass is 9.47. The van der Waals surface area contributed by atoms with Crippen LogP contribution in [0.4, 0.5) is 14.5 Å². The molecule has 14 nitrogen and oxygen atoms in total. The molecule has 6 heterocycles. The van der Waals surface area contributed by atoms with Crippen molar-refractivity contribution >= 4 is 40.5 Å². The molecule has 2 unspecified atom stereocenters. The van der Waals surface area contributed by atoms with Crippen molar-refractivity contribution < 1.29 is 56.7 Å². The van der Waals surface area contributed by atoms with Gasteiger partial charge in [0.25, 0.3) is 0 Å². The van der Waals surface area contributed by atoms with Crippen LogP contribution in [0.25, 0.3) is 10.9 Å². The summed E-state index contributed by atoms with van der Waals surface area (Å²) in [5.74, 6) is -6.86. The molecule has 0 amide bonds. The zero-order chi connectivity index (χ0) is 45.9. The van der Waals surface area contributed by atoms with Crippen LogP contribution in [-0.4, -0.2) is 142 Å². The number of fused-ring (bicyclic) bond motifs is 6. The highest BCUT2D eigenvalue weighted by Gasteiger charge is 2.80. The maximum atomic E-state index is 15.5. The largest absolute Gasteiger partial charge is 0.496 e. The van der Waals surface area contributed by atoms with Gasteiger partial charge in [-0.1, -0.05) is 19.1 Å². The Morgan fingerprint density at radius 1 is 0.969 bits per heavy atom. The molecule has 2 saturated heterocycles. The lowest BCUT2D eigenvalue weighted by Crippen LogP contribution is -2.81. The van der Waals surface area contributed by atoms with Gasteiger partial charge in [-0.25, -0.2) is 18.4 Å². The van der Waals surface area contributed by atoms with Crippen LogP contribution >= 0.6 is 0 Å². The number of alkyl halides is 2. The van der Waals surface area contributed by atoms with Gasteiger partial charge in [-0.15, -0.1) is 0 Å². The molecule has 2 N–H and O–H groups in total. The van der Waals surface area contributed by atoms with Crippen molar-refractivity contribution in [3.63, 3.8) is 0 Å². The number of likely N-dealkylation sites (N-methyl/N-ethyl adjacent to an activating group) is 1. The number of ether oxygens (including phenoxy) is 5. The third-order valence-corrected chi connectivity index (χ3v) is 16.1. The minimum atomic E-state index is -2.99. The van der Waals surface area contributed by atoms with E-state index in [1.165, 1.54) is 35.4 Å². The molecule has 2 bridgehead atoms. The lowest BCUT2D eigenvalue weighted by Gasteiger charge is -2.63. The number of methoxy groups -OCH3 is 4. The minimum Gasteiger partial charge on any atom is -0.496 e. The molecule has 3 aromatic rings. The number of rotatable bonds is 8. The number of halogens is 2. The average molecular weight is 889 g/mol. The highest BCUT2D eigenvalue weighted by Crippen LogP contribution is 2.68. The van der Waals surface area contributed by atoms with Crippen LogP contribution < -0.4 is 9.64 Å². The van der Waals surface area contributed by atoms with Crippen molar-refractivity contribution in [1.82, 2.24) is 14.8 Å². The van der Waals surface area contributed by atoms with E-state index in [4.69, 9.17) is 23.7 Å². The molecule has 2 aromatic carbocycles. The Kier molecular flexibility index (Phi) is 10.5. The second kappa shape index (κ2) is 15.3. The first-order chi connectivity index (χ1) is 30.4. The smallest absolute Gasteiger partial charge is 0.344 e. The van der Waals surface area contributed by atoms with E-state index in [1.54, 1.807) is 25.2 Å². The first-order valence-electron chi connectivity index (χ1n) is 22.2. The fourth-order valence-corrected chi connectivity index (χ4v) is 13.7. The van der Waals surface area contributed by atoms with Crippen molar-refractivity contribution in [2.24, 2.45) is 17.3 Å². The van der Waals surface area contributed by atoms with Gasteiger partial charge in [0.05, 0.1) is 40.0 Å². The fourth-order valence-electron chi connectivity index (χ4n) is 13.7. The number of benzene rings is 2. The van der Waals surface area contributed by atoms with E-state index >= 15 is 13.6 Å². The number of aromatic amines is 1. The Bertz CT molecular complexity index is 2470. The number of H-pyrrole nitrogens is 1. The molecule has 16 heteroatoms. The van der Waals surface area contributed by atoms with Crippen LogP contribution in [0.5, 0.6) is 5.75 Å². The highest BCUT2D eigenvalue weighted by atomic mass is 19.3. The van der Waals surface area contributed by atoms with E-state index in [-0.39, 0.29) is 19.4 Å². The first kappa shape index (κ1) is 44.2. The number of hydrogen-bond acceptors (Lipinski definition) is 13. The molecule has 64 heavy (non-hydrogen) atoms. The lowest BCUT2D eigenvalue weighted by molar-refractivity contribution is -0.228. The Morgan fingerprint density at radius 3 is 2.38 bits per heavy atom. The number of nitrogens with zero attached hydrogens (tertiary/aromatic N) is 3. The minimum absolute atomic E-state index is 0.0612. The van der Waals surface area contributed by atoms with Crippen molar-refractivity contribution in [1.29, 1.82) is 0 Å². The summed E-state index contributed by atoms with van der Waals surface area (Å²) in [6.07, 6.45) is 4.07. The third-order valence-electron chi connectivity index (χ3n) is 16.1. The zero-order valence-corrected chi connectivity index (χ0v) is 37.7. The van der Waals surface area contributed by atoms with E-state index in [9.17, 15) is 19.5 Å². The van der Waals surface area contributed by atoms with Crippen molar-refractivity contribution in [2.45, 2.75) is 93.4 Å². The van der Waals surface area contributed by atoms with Crippen LogP contribution in [0.3, 0.4) is 0 Å². The quantitative estimate of drug-likeness (QED) is 0.179. The van der Waals surface area contributed by atoms with Crippen LogP contribution in [0, 0.1) is 17.3 Å². The molecule has 6 aliphatic rings. The zero-order valence-electron chi connectivity index (χ0n) is 37.7. The Labute approximate surface area is 371 Å². The third kappa shape index (κ3) is 5.89. The molecule has 1 aliphatic carbocycles. The van der Waals surface area contributed by atoms with Gasteiger partial charge in [0, 0.05) is 96.9 Å². The number of piperidine rings is 1. The molecule has 344 valence electrons.